The molecule has 1 unspecified atom stereocenters. The SMILES string of the molecule is N=C1NC(c2cccc(-c3cccc(Cl)c3)c2)(C2CC2)C(=O)N1CCOCCO. The molecule has 7 heteroatoms. The standard InChI is InChI=1S/C22H24ClN3O3/c23-19-6-2-4-16(14-19)15-3-1-5-18(13-15)22(17-7-8-17)20(28)26(21(24)25-22)9-11-29-12-10-27/h1-6,13-14,17,27H,7-12H2,(H2,24,25). The van der Waals surface area contributed by atoms with Crippen LogP contribution in [0.15, 0.2) is 48.5 Å². The van der Waals surface area contributed by atoms with E-state index in [1.54, 1.807) is 0 Å². The number of nitrogens with zero attached hydrogens (tertiary/aromatic N) is 1. The normalized spacial score (nSPS) is 21.5. The van der Waals surface area contributed by atoms with Crippen LogP contribution in [0, 0.1) is 11.3 Å². The summed E-state index contributed by atoms with van der Waals surface area (Å²) in [5.74, 6) is 0.150. The van der Waals surface area contributed by atoms with Crippen molar-refractivity contribution in [1.29, 1.82) is 5.41 Å². The van der Waals surface area contributed by atoms with Crippen LogP contribution in [0.3, 0.4) is 0 Å². The van der Waals surface area contributed by atoms with Gasteiger partial charge in [0.1, 0.15) is 5.54 Å². The maximum atomic E-state index is 13.5. The Labute approximate surface area is 174 Å². The van der Waals surface area contributed by atoms with E-state index in [4.69, 9.17) is 26.9 Å². The van der Waals surface area contributed by atoms with Crippen LogP contribution < -0.4 is 5.32 Å². The monoisotopic (exact) mass is 413 g/mol. The van der Waals surface area contributed by atoms with Gasteiger partial charge in [-0.3, -0.25) is 15.1 Å². The second kappa shape index (κ2) is 8.14. The van der Waals surface area contributed by atoms with E-state index in [1.165, 1.54) is 4.90 Å². The van der Waals surface area contributed by atoms with Gasteiger partial charge in [0, 0.05) is 5.02 Å². The number of aliphatic hydroxyl groups excluding tert-OH is 1. The molecule has 1 aliphatic carbocycles. The fourth-order valence-electron chi connectivity index (χ4n) is 3.99. The maximum absolute atomic E-state index is 13.5. The minimum absolute atomic E-state index is 0.0635. The van der Waals surface area contributed by atoms with Gasteiger partial charge in [0.05, 0.1) is 26.4 Å². The van der Waals surface area contributed by atoms with Gasteiger partial charge in [0.25, 0.3) is 5.91 Å². The number of guanidine groups is 1. The molecule has 1 saturated carbocycles. The largest absolute Gasteiger partial charge is 0.394 e. The van der Waals surface area contributed by atoms with Crippen LogP contribution in [-0.2, 0) is 15.1 Å². The van der Waals surface area contributed by atoms with Crippen LogP contribution in [0.25, 0.3) is 11.1 Å². The molecule has 2 aromatic rings. The number of nitrogens with one attached hydrogen (secondary N) is 2. The Morgan fingerprint density at radius 1 is 1.17 bits per heavy atom. The Balaban J connectivity index is 1.65. The van der Waals surface area contributed by atoms with Crippen molar-refractivity contribution in [2.45, 2.75) is 18.4 Å². The molecule has 0 bridgehead atoms. The molecule has 152 valence electrons. The molecule has 1 amide bonds. The summed E-state index contributed by atoms with van der Waals surface area (Å²) in [4.78, 5) is 14.9. The topological polar surface area (TPSA) is 85.7 Å². The van der Waals surface area contributed by atoms with Crippen LogP contribution in [-0.4, -0.2) is 48.2 Å². The lowest BCUT2D eigenvalue weighted by Crippen LogP contribution is -2.46. The van der Waals surface area contributed by atoms with Crippen molar-refractivity contribution < 1.29 is 14.6 Å². The van der Waals surface area contributed by atoms with Gasteiger partial charge in [-0.05, 0) is 53.6 Å². The zero-order valence-electron chi connectivity index (χ0n) is 16.0. The summed E-state index contributed by atoms with van der Waals surface area (Å²) in [5.41, 5.74) is 1.92. The molecule has 6 nitrogen and oxygen atoms in total. The van der Waals surface area contributed by atoms with Gasteiger partial charge >= 0.3 is 0 Å². The Bertz CT molecular complexity index is 931. The quantitative estimate of drug-likeness (QED) is 0.581. The van der Waals surface area contributed by atoms with Crippen molar-refractivity contribution in [3.63, 3.8) is 0 Å². The van der Waals surface area contributed by atoms with E-state index < -0.39 is 5.54 Å². The van der Waals surface area contributed by atoms with Crippen LogP contribution in [0.2, 0.25) is 5.02 Å². The van der Waals surface area contributed by atoms with Gasteiger partial charge in [0.15, 0.2) is 5.96 Å². The lowest BCUT2D eigenvalue weighted by atomic mass is 9.83. The fraction of sp³-hybridized carbons (Fsp3) is 0.364. The molecule has 0 aromatic heterocycles. The summed E-state index contributed by atoms with van der Waals surface area (Å²) in [6, 6.07) is 15.6. The highest BCUT2D eigenvalue weighted by Gasteiger charge is 2.58. The third-order valence-corrected chi connectivity index (χ3v) is 5.76. The van der Waals surface area contributed by atoms with E-state index >= 15 is 0 Å². The first-order valence-corrected chi connectivity index (χ1v) is 10.2. The minimum Gasteiger partial charge on any atom is -0.394 e. The summed E-state index contributed by atoms with van der Waals surface area (Å²) >= 11 is 6.15. The summed E-state index contributed by atoms with van der Waals surface area (Å²) in [7, 11) is 0. The summed E-state index contributed by atoms with van der Waals surface area (Å²) in [6.07, 6.45) is 1.89. The molecule has 2 aromatic carbocycles. The predicted octanol–water partition coefficient (Wildman–Crippen LogP) is 2.99. The van der Waals surface area contributed by atoms with Gasteiger partial charge in [-0.15, -0.1) is 0 Å². The molecule has 1 aliphatic heterocycles. The first-order valence-electron chi connectivity index (χ1n) is 9.80. The van der Waals surface area contributed by atoms with Crippen LogP contribution in [0.1, 0.15) is 18.4 Å². The summed E-state index contributed by atoms with van der Waals surface area (Å²) in [5, 5.41) is 21.1. The number of carbonyl (C=O) groups excluding carboxylic acids is 1. The van der Waals surface area contributed by atoms with Crippen molar-refractivity contribution in [3.8, 4) is 11.1 Å². The van der Waals surface area contributed by atoms with E-state index in [9.17, 15) is 4.79 Å². The van der Waals surface area contributed by atoms with Crippen molar-refractivity contribution in [3.05, 3.63) is 59.1 Å². The van der Waals surface area contributed by atoms with Crippen molar-refractivity contribution in [2.75, 3.05) is 26.4 Å². The van der Waals surface area contributed by atoms with Gasteiger partial charge in [-0.2, -0.15) is 0 Å². The number of benzene rings is 2. The third kappa shape index (κ3) is 3.75. The molecule has 0 spiro atoms. The van der Waals surface area contributed by atoms with Crippen LogP contribution >= 0.6 is 11.6 Å². The first kappa shape index (κ1) is 19.9. The summed E-state index contributed by atoms with van der Waals surface area (Å²) in [6.45, 7) is 0.719. The number of hydrogen-bond donors (Lipinski definition) is 3. The highest BCUT2D eigenvalue weighted by molar-refractivity contribution is 6.30. The van der Waals surface area contributed by atoms with E-state index in [0.29, 0.717) is 5.02 Å². The average Bonchev–Trinajstić information content (AvgIpc) is 3.54. The summed E-state index contributed by atoms with van der Waals surface area (Å²) < 4.78 is 5.30. The Morgan fingerprint density at radius 2 is 1.90 bits per heavy atom. The Morgan fingerprint density at radius 3 is 2.59 bits per heavy atom. The molecule has 3 N–H and O–H groups in total. The number of amides is 1. The predicted molar refractivity (Wildman–Crippen MR) is 112 cm³/mol. The van der Waals surface area contributed by atoms with E-state index in [1.807, 2.05) is 48.5 Å². The van der Waals surface area contributed by atoms with Crippen LogP contribution in [0.5, 0.6) is 0 Å². The number of halogens is 1. The lowest BCUT2D eigenvalue weighted by Gasteiger charge is -2.28. The molecule has 29 heavy (non-hydrogen) atoms. The van der Waals surface area contributed by atoms with Crippen molar-refractivity contribution in [2.24, 2.45) is 5.92 Å². The Hall–Kier alpha value is -2.41. The van der Waals surface area contributed by atoms with Crippen molar-refractivity contribution >= 4 is 23.5 Å². The fourth-order valence-corrected chi connectivity index (χ4v) is 4.18. The lowest BCUT2D eigenvalue weighted by molar-refractivity contribution is -0.132. The number of hydrogen-bond acceptors (Lipinski definition) is 4. The smallest absolute Gasteiger partial charge is 0.260 e. The zero-order chi connectivity index (χ0) is 20.4. The first-order chi connectivity index (χ1) is 14.1. The minimum atomic E-state index is -0.914. The van der Waals surface area contributed by atoms with Gasteiger partial charge in [-0.1, -0.05) is 41.9 Å². The third-order valence-electron chi connectivity index (χ3n) is 5.53. The molecule has 0 radical (unpaired) electrons. The number of rotatable bonds is 8. The maximum Gasteiger partial charge on any atom is 0.260 e. The highest BCUT2D eigenvalue weighted by atomic mass is 35.5. The molecule has 2 fully saturated rings. The zero-order valence-corrected chi connectivity index (χ0v) is 16.8. The number of ether oxygens (including phenoxy) is 1. The van der Waals surface area contributed by atoms with E-state index in [0.717, 1.165) is 29.5 Å². The Kier molecular flexibility index (Phi) is 5.58. The molecular formula is C22H24ClN3O3. The van der Waals surface area contributed by atoms with E-state index in [-0.39, 0.29) is 44.2 Å². The number of aliphatic hydroxyl groups is 1. The second-order valence-corrected chi connectivity index (χ2v) is 7.88. The molecule has 4 rings (SSSR count). The van der Waals surface area contributed by atoms with E-state index in [2.05, 4.69) is 5.32 Å². The average molecular weight is 414 g/mol. The van der Waals surface area contributed by atoms with Gasteiger partial charge in [-0.25, -0.2) is 0 Å². The highest BCUT2D eigenvalue weighted by Crippen LogP contribution is 2.49. The number of carbonyl (C=O) groups is 1. The molecule has 1 saturated heterocycles. The van der Waals surface area contributed by atoms with Gasteiger partial charge < -0.3 is 15.2 Å². The van der Waals surface area contributed by atoms with Crippen LogP contribution in [0.4, 0.5) is 0 Å². The van der Waals surface area contributed by atoms with Gasteiger partial charge in [0.2, 0.25) is 0 Å². The van der Waals surface area contributed by atoms with Crippen molar-refractivity contribution in [1.82, 2.24) is 10.2 Å². The molecular weight excluding hydrogens is 390 g/mol. The second-order valence-electron chi connectivity index (χ2n) is 7.44. The molecule has 2 aliphatic rings. The molecule has 1 atom stereocenters. The molecule has 1 heterocycles.